The summed E-state index contributed by atoms with van der Waals surface area (Å²) in [5, 5.41) is 94.0. The Labute approximate surface area is 396 Å². The molecule has 1 saturated heterocycles. The molecule has 2 heterocycles. The number of aromatic hydroxyl groups is 5. The number of phenols is 5. The number of esters is 2. The summed E-state index contributed by atoms with van der Waals surface area (Å²) in [6.45, 7) is -1.37. The Morgan fingerprint density at radius 1 is 0.714 bits per heavy atom. The summed E-state index contributed by atoms with van der Waals surface area (Å²) in [5.41, 5.74) is 0.00437. The second-order valence-corrected chi connectivity index (χ2v) is 15.5. The van der Waals surface area contributed by atoms with Crippen LogP contribution in [-0.2, 0) is 23.8 Å². The molecule has 20 heteroatoms. The largest absolute Gasteiger partial charge is 0.508 e. The first-order chi connectivity index (χ1) is 33.6. The van der Waals surface area contributed by atoms with Crippen molar-refractivity contribution in [2.24, 2.45) is 0 Å². The maximum absolute atomic E-state index is 14.1. The van der Waals surface area contributed by atoms with E-state index in [0.29, 0.717) is 11.1 Å². The second kappa shape index (κ2) is 21.8. The maximum atomic E-state index is 14.1. The SMILES string of the molecule is COc1cc(C(O)C(CO)Oc2ccc(/C=C/C(=O)OC[C@H]3O[C@@H](Oc4c(-c5ccc(O)cc5)oc5cc(O)cc(O)c5c4=O)[C@H](O)[C@@H](OC(=O)/C=C/c4ccc(O)cc4)[C@@H]3O)cc2OC)ccc1O. The number of aliphatic hydroxyl groups is 4. The summed E-state index contributed by atoms with van der Waals surface area (Å²) < 4.78 is 45.2. The smallest absolute Gasteiger partial charge is 0.331 e. The van der Waals surface area contributed by atoms with Crippen molar-refractivity contribution in [3.8, 4) is 63.1 Å². The molecule has 7 atom stereocenters. The summed E-state index contributed by atoms with van der Waals surface area (Å²) >= 11 is 0. The van der Waals surface area contributed by atoms with Crippen LogP contribution in [0.1, 0.15) is 22.8 Å². The van der Waals surface area contributed by atoms with Crippen molar-refractivity contribution in [3.63, 3.8) is 0 Å². The normalized spacial score (nSPS) is 18.9. The van der Waals surface area contributed by atoms with Crippen molar-refractivity contribution in [2.75, 3.05) is 27.4 Å². The van der Waals surface area contributed by atoms with Gasteiger partial charge < -0.3 is 83.5 Å². The van der Waals surface area contributed by atoms with Crippen LogP contribution in [0.5, 0.6) is 51.7 Å². The summed E-state index contributed by atoms with van der Waals surface area (Å²) in [6, 6.07) is 21.6. The van der Waals surface area contributed by atoms with E-state index in [4.69, 9.17) is 37.6 Å². The molecular weight excluding hydrogens is 921 g/mol. The predicted molar refractivity (Wildman–Crippen MR) is 245 cm³/mol. The van der Waals surface area contributed by atoms with E-state index in [2.05, 4.69) is 0 Å². The summed E-state index contributed by atoms with van der Waals surface area (Å²) in [7, 11) is 2.68. The first kappa shape index (κ1) is 49.6. The van der Waals surface area contributed by atoms with Gasteiger partial charge in [-0.2, -0.15) is 0 Å². The highest BCUT2D eigenvalue weighted by atomic mass is 16.7. The molecular formula is C50H46O20. The maximum Gasteiger partial charge on any atom is 0.331 e. The summed E-state index contributed by atoms with van der Waals surface area (Å²) in [5.74, 6) is -4.13. The monoisotopic (exact) mass is 966 g/mol. The average Bonchev–Trinajstić information content (AvgIpc) is 3.34. The van der Waals surface area contributed by atoms with Gasteiger partial charge in [-0.3, -0.25) is 4.79 Å². The molecule has 20 nitrogen and oxygen atoms in total. The molecule has 366 valence electrons. The van der Waals surface area contributed by atoms with Gasteiger partial charge in [0.1, 0.15) is 58.9 Å². The van der Waals surface area contributed by atoms with E-state index in [1.807, 2.05) is 0 Å². The fraction of sp³-hybridized carbons (Fsp3) is 0.220. The average molecular weight is 967 g/mol. The number of carbonyl (C=O) groups is 2. The zero-order chi connectivity index (χ0) is 50.2. The number of hydrogen-bond donors (Lipinski definition) is 9. The number of carbonyl (C=O) groups excluding carboxylic acids is 2. The molecule has 5 aromatic carbocycles. The molecule has 70 heavy (non-hydrogen) atoms. The lowest BCUT2D eigenvalue weighted by Gasteiger charge is -2.41. The van der Waals surface area contributed by atoms with Crippen LogP contribution in [0.4, 0.5) is 0 Å². The molecule has 2 unspecified atom stereocenters. The minimum absolute atomic E-state index is 0.0229. The Hall–Kier alpha value is -8.27. The van der Waals surface area contributed by atoms with Gasteiger partial charge in [0.2, 0.25) is 17.5 Å². The molecule has 0 radical (unpaired) electrons. The molecule has 0 spiro atoms. The minimum atomic E-state index is -2.06. The topological polar surface area (TPSA) is 311 Å². The van der Waals surface area contributed by atoms with Crippen LogP contribution in [0.3, 0.4) is 0 Å². The van der Waals surface area contributed by atoms with E-state index in [0.717, 1.165) is 24.3 Å². The van der Waals surface area contributed by atoms with Crippen LogP contribution in [0.25, 0.3) is 34.4 Å². The molecule has 6 aromatic rings. The van der Waals surface area contributed by atoms with E-state index in [1.165, 1.54) is 111 Å². The summed E-state index contributed by atoms with van der Waals surface area (Å²) in [6.07, 6.45) is -7.31. The highest BCUT2D eigenvalue weighted by Crippen LogP contribution is 2.39. The number of methoxy groups -OCH3 is 2. The third-order valence-electron chi connectivity index (χ3n) is 10.8. The number of benzene rings is 5. The lowest BCUT2D eigenvalue weighted by atomic mass is 9.98. The first-order valence-electron chi connectivity index (χ1n) is 21.1. The summed E-state index contributed by atoms with van der Waals surface area (Å²) in [4.78, 5) is 40.4. The quantitative estimate of drug-likeness (QED) is 0.0457. The Kier molecular flexibility index (Phi) is 15.4. The van der Waals surface area contributed by atoms with Gasteiger partial charge in [0.15, 0.2) is 47.1 Å². The van der Waals surface area contributed by atoms with Crippen LogP contribution in [0.15, 0.2) is 118 Å². The van der Waals surface area contributed by atoms with Gasteiger partial charge >= 0.3 is 11.9 Å². The zero-order valence-corrected chi connectivity index (χ0v) is 37.0. The molecule has 1 aliphatic rings. The van der Waals surface area contributed by atoms with E-state index < -0.39 is 96.1 Å². The fourth-order valence-electron chi connectivity index (χ4n) is 7.21. The van der Waals surface area contributed by atoms with E-state index in [9.17, 15) is 60.3 Å². The number of aliphatic hydroxyl groups excluding tert-OH is 4. The molecule has 0 bridgehead atoms. The van der Waals surface area contributed by atoms with Gasteiger partial charge in [-0.25, -0.2) is 9.59 Å². The van der Waals surface area contributed by atoms with Gasteiger partial charge in [-0.1, -0.05) is 24.3 Å². The van der Waals surface area contributed by atoms with Crippen molar-refractivity contribution in [3.05, 3.63) is 136 Å². The van der Waals surface area contributed by atoms with Crippen LogP contribution in [0.2, 0.25) is 0 Å². The standard InChI is InChI=1S/C50H46O20/c1-63-35-20-28(10-15-32(35)55)43(59)38(23-51)66-34-16-5-26(19-36(34)64-2)7-17-40(57)65-24-39-44(60)48(69-41(58)18-6-25-3-11-29(52)12-4-25)46(62)50(68-39)70-49-45(61)42-33(56)21-31(54)22-37(42)67-47(49)27-8-13-30(53)14-9-27/h3-22,38-39,43-44,46,48,50-56,59-60,62H,23-24H2,1-2H3/b17-7+,18-6+/t38?,39-,43?,44-,46-,48+,50+/m1/s1. The predicted octanol–water partition coefficient (Wildman–Crippen LogP) is 4.19. The van der Waals surface area contributed by atoms with Crippen molar-refractivity contribution in [1.29, 1.82) is 0 Å². The Morgan fingerprint density at radius 2 is 1.37 bits per heavy atom. The van der Waals surface area contributed by atoms with Crippen LogP contribution in [-0.4, -0.2) is 122 Å². The van der Waals surface area contributed by atoms with E-state index in [1.54, 1.807) is 0 Å². The first-order valence-corrected chi connectivity index (χ1v) is 21.1. The van der Waals surface area contributed by atoms with E-state index in [-0.39, 0.29) is 57.0 Å². The van der Waals surface area contributed by atoms with Crippen LogP contribution in [0, 0.1) is 0 Å². The molecule has 9 N–H and O–H groups in total. The number of fused-ring (bicyclic) bond motifs is 1. The number of phenolic OH excluding ortho intramolecular Hbond substituents is 5. The van der Waals surface area contributed by atoms with E-state index >= 15 is 0 Å². The van der Waals surface area contributed by atoms with Crippen LogP contribution < -0.4 is 24.4 Å². The van der Waals surface area contributed by atoms with Crippen molar-refractivity contribution in [2.45, 2.75) is 42.9 Å². The molecule has 1 aromatic heterocycles. The van der Waals surface area contributed by atoms with Gasteiger partial charge in [0, 0.05) is 29.8 Å². The minimum Gasteiger partial charge on any atom is -0.508 e. The van der Waals surface area contributed by atoms with Gasteiger partial charge in [-0.15, -0.1) is 0 Å². The Morgan fingerprint density at radius 3 is 2.06 bits per heavy atom. The van der Waals surface area contributed by atoms with Crippen molar-refractivity contribution >= 4 is 35.1 Å². The highest BCUT2D eigenvalue weighted by molar-refractivity contribution is 5.89. The van der Waals surface area contributed by atoms with Gasteiger partial charge in [0.05, 0.1) is 20.8 Å². The molecule has 7 rings (SSSR count). The third-order valence-corrected chi connectivity index (χ3v) is 10.8. The fourth-order valence-corrected chi connectivity index (χ4v) is 7.21. The number of hydrogen-bond acceptors (Lipinski definition) is 20. The zero-order valence-electron chi connectivity index (χ0n) is 37.0. The highest BCUT2D eigenvalue weighted by Gasteiger charge is 2.49. The lowest BCUT2D eigenvalue weighted by molar-refractivity contribution is -0.281. The molecule has 0 saturated carbocycles. The molecule has 0 amide bonds. The number of ether oxygens (including phenoxy) is 7. The Bertz CT molecular complexity index is 2950. The lowest BCUT2D eigenvalue weighted by Crippen LogP contribution is -2.61. The molecule has 0 aliphatic carbocycles. The third kappa shape index (κ3) is 11.3. The second-order valence-electron chi connectivity index (χ2n) is 15.5. The Balaban J connectivity index is 1.11. The van der Waals surface area contributed by atoms with Gasteiger partial charge in [0.25, 0.3) is 0 Å². The number of rotatable bonds is 17. The van der Waals surface area contributed by atoms with Crippen molar-refractivity contribution in [1.82, 2.24) is 0 Å². The van der Waals surface area contributed by atoms with Crippen molar-refractivity contribution < 1.29 is 93.1 Å². The van der Waals surface area contributed by atoms with Gasteiger partial charge in [-0.05, 0) is 89.5 Å². The van der Waals surface area contributed by atoms with Crippen LogP contribution >= 0.6 is 0 Å². The molecule has 1 aliphatic heterocycles. The molecule has 1 fully saturated rings.